The van der Waals surface area contributed by atoms with Crippen LogP contribution in [0.4, 0.5) is 0 Å². The number of sulfone groups is 1. The zero-order valence-electron chi connectivity index (χ0n) is 10.6. The first-order chi connectivity index (χ1) is 8.40. The van der Waals surface area contributed by atoms with Crippen molar-refractivity contribution in [1.29, 1.82) is 0 Å². The molecule has 0 saturated carbocycles. The van der Waals surface area contributed by atoms with E-state index in [0.717, 1.165) is 6.26 Å². The van der Waals surface area contributed by atoms with Crippen molar-refractivity contribution in [3.63, 3.8) is 0 Å². The minimum absolute atomic E-state index is 0.150. The molecule has 0 fully saturated rings. The van der Waals surface area contributed by atoms with Crippen LogP contribution in [0.5, 0.6) is 0 Å². The number of likely N-dealkylation sites (N-methyl/N-ethyl adjacent to an activating group) is 1. The van der Waals surface area contributed by atoms with Crippen molar-refractivity contribution in [1.82, 2.24) is 4.90 Å². The second-order valence-electron chi connectivity index (χ2n) is 3.97. The fraction of sp³-hybridized carbons (Fsp3) is 0.417. The summed E-state index contributed by atoms with van der Waals surface area (Å²) in [5, 5.41) is 0. The second kappa shape index (κ2) is 5.97. The Morgan fingerprint density at radius 1 is 1.39 bits per heavy atom. The number of nitrogens with zero attached hydrogens (tertiary/aromatic N) is 1. The Bertz CT molecular complexity index is 526. The van der Waals surface area contributed by atoms with E-state index >= 15 is 0 Å². The van der Waals surface area contributed by atoms with Crippen LogP contribution in [-0.4, -0.2) is 45.1 Å². The van der Waals surface area contributed by atoms with Crippen LogP contribution in [0.15, 0.2) is 29.2 Å². The van der Waals surface area contributed by atoms with Gasteiger partial charge in [0, 0.05) is 31.5 Å². The molecular weight excluding hydrogens is 252 g/mol. The molecule has 0 aromatic heterocycles. The molecule has 6 heteroatoms. The number of hydrogen-bond acceptors (Lipinski definition) is 4. The van der Waals surface area contributed by atoms with Crippen LogP contribution in [0.2, 0.25) is 0 Å². The third kappa shape index (κ3) is 3.54. The standard InChI is InChI=1S/C12H18N2O3S/c1-3-14(8-7-13)12(15)10-5-4-6-11(9-10)18(2,16)17/h4-6,9H,3,7-8,13H2,1-2H3. The smallest absolute Gasteiger partial charge is 0.253 e. The lowest BCUT2D eigenvalue weighted by Crippen LogP contribution is -2.35. The fourth-order valence-corrected chi connectivity index (χ4v) is 2.27. The molecule has 1 amide bonds. The van der Waals surface area contributed by atoms with E-state index in [-0.39, 0.29) is 10.8 Å². The summed E-state index contributed by atoms with van der Waals surface area (Å²) in [6.07, 6.45) is 1.12. The van der Waals surface area contributed by atoms with Gasteiger partial charge >= 0.3 is 0 Å². The summed E-state index contributed by atoms with van der Waals surface area (Å²) in [6.45, 7) is 3.23. The summed E-state index contributed by atoms with van der Waals surface area (Å²) in [6, 6.07) is 6.05. The number of rotatable bonds is 5. The van der Waals surface area contributed by atoms with Crippen LogP contribution in [-0.2, 0) is 9.84 Å². The van der Waals surface area contributed by atoms with Crippen LogP contribution < -0.4 is 5.73 Å². The highest BCUT2D eigenvalue weighted by Crippen LogP contribution is 2.13. The van der Waals surface area contributed by atoms with Gasteiger partial charge in [-0.1, -0.05) is 6.07 Å². The van der Waals surface area contributed by atoms with Gasteiger partial charge in [0.1, 0.15) is 0 Å². The van der Waals surface area contributed by atoms with E-state index in [4.69, 9.17) is 5.73 Å². The van der Waals surface area contributed by atoms with Crippen molar-refractivity contribution in [2.24, 2.45) is 5.73 Å². The maximum absolute atomic E-state index is 12.1. The van der Waals surface area contributed by atoms with Gasteiger partial charge in [-0.15, -0.1) is 0 Å². The number of benzene rings is 1. The lowest BCUT2D eigenvalue weighted by molar-refractivity contribution is 0.0769. The lowest BCUT2D eigenvalue weighted by atomic mass is 10.2. The van der Waals surface area contributed by atoms with Crippen molar-refractivity contribution >= 4 is 15.7 Å². The lowest BCUT2D eigenvalue weighted by Gasteiger charge is -2.20. The molecule has 2 N–H and O–H groups in total. The predicted molar refractivity (Wildman–Crippen MR) is 70.2 cm³/mol. The molecule has 1 aromatic rings. The molecular formula is C12H18N2O3S. The SMILES string of the molecule is CCN(CCN)C(=O)c1cccc(S(C)(=O)=O)c1. The highest BCUT2D eigenvalue weighted by Gasteiger charge is 2.15. The summed E-state index contributed by atoms with van der Waals surface area (Å²) in [5.74, 6) is -0.201. The van der Waals surface area contributed by atoms with Crippen LogP contribution >= 0.6 is 0 Å². The largest absolute Gasteiger partial charge is 0.338 e. The average Bonchev–Trinajstić information content (AvgIpc) is 2.34. The quantitative estimate of drug-likeness (QED) is 0.845. The first kappa shape index (κ1) is 14.7. The zero-order chi connectivity index (χ0) is 13.8. The number of nitrogens with two attached hydrogens (primary N) is 1. The van der Waals surface area contributed by atoms with Crippen molar-refractivity contribution in [3.8, 4) is 0 Å². The molecule has 100 valence electrons. The molecule has 0 bridgehead atoms. The van der Waals surface area contributed by atoms with Crippen LogP contribution in [0.1, 0.15) is 17.3 Å². The molecule has 0 heterocycles. The minimum Gasteiger partial charge on any atom is -0.338 e. The molecule has 18 heavy (non-hydrogen) atoms. The van der Waals surface area contributed by atoms with E-state index < -0.39 is 9.84 Å². The van der Waals surface area contributed by atoms with E-state index in [1.54, 1.807) is 17.0 Å². The first-order valence-electron chi connectivity index (χ1n) is 5.69. The molecule has 1 aromatic carbocycles. The first-order valence-corrected chi connectivity index (χ1v) is 7.58. The van der Waals surface area contributed by atoms with Gasteiger partial charge in [0.15, 0.2) is 9.84 Å². The van der Waals surface area contributed by atoms with Crippen molar-refractivity contribution in [2.75, 3.05) is 25.9 Å². The Balaban J connectivity index is 3.07. The molecule has 0 unspecified atom stereocenters. The molecule has 5 nitrogen and oxygen atoms in total. The summed E-state index contributed by atoms with van der Waals surface area (Å²) in [4.78, 5) is 13.9. The molecule has 0 aliphatic carbocycles. The van der Waals surface area contributed by atoms with Crippen LogP contribution in [0.3, 0.4) is 0 Å². The second-order valence-corrected chi connectivity index (χ2v) is 5.99. The highest BCUT2D eigenvalue weighted by molar-refractivity contribution is 7.90. The van der Waals surface area contributed by atoms with Gasteiger partial charge < -0.3 is 10.6 Å². The van der Waals surface area contributed by atoms with Gasteiger partial charge in [-0.25, -0.2) is 8.42 Å². The summed E-state index contributed by atoms with van der Waals surface area (Å²) >= 11 is 0. The van der Waals surface area contributed by atoms with E-state index in [9.17, 15) is 13.2 Å². The Morgan fingerprint density at radius 3 is 2.56 bits per heavy atom. The van der Waals surface area contributed by atoms with E-state index in [1.165, 1.54) is 12.1 Å². The van der Waals surface area contributed by atoms with Gasteiger partial charge in [-0.3, -0.25) is 4.79 Å². The molecule has 0 saturated heterocycles. The number of hydrogen-bond donors (Lipinski definition) is 1. The van der Waals surface area contributed by atoms with Crippen LogP contribution in [0.25, 0.3) is 0 Å². The van der Waals surface area contributed by atoms with Gasteiger partial charge in [0.25, 0.3) is 5.91 Å². The molecule has 0 atom stereocenters. The third-order valence-electron chi connectivity index (χ3n) is 2.58. The topological polar surface area (TPSA) is 80.5 Å². The average molecular weight is 270 g/mol. The Kier molecular flexibility index (Phi) is 4.86. The molecule has 0 radical (unpaired) electrons. The van der Waals surface area contributed by atoms with E-state index in [0.29, 0.717) is 25.2 Å². The van der Waals surface area contributed by atoms with Crippen molar-refractivity contribution in [3.05, 3.63) is 29.8 Å². The maximum atomic E-state index is 12.1. The summed E-state index contributed by atoms with van der Waals surface area (Å²) in [7, 11) is -3.30. The summed E-state index contributed by atoms with van der Waals surface area (Å²) < 4.78 is 22.9. The minimum atomic E-state index is -3.30. The Hall–Kier alpha value is -1.40. The maximum Gasteiger partial charge on any atom is 0.253 e. The monoisotopic (exact) mass is 270 g/mol. The normalized spacial score (nSPS) is 11.3. The fourth-order valence-electron chi connectivity index (χ4n) is 1.60. The third-order valence-corrected chi connectivity index (χ3v) is 3.69. The molecule has 0 aliphatic heterocycles. The van der Waals surface area contributed by atoms with Gasteiger partial charge in [-0.2, -0.15) is 0 Å². The number of carbonyl (C=O) groups excluding carboxylic acids is 1. The molecule has 1 rings (SSSR count). The van der Waals surface area contributed by atoms with Gasteiger partial charge in [0.2, 0.25) is 0 Å². The Labute approximate surface area is 108 Å². The van der Waals surface area contributed by atoms with E-state index in [2.05, 4.69) is 0 Å². The van der Waals surface area contributed by atoms with E-state index in [1.807, 2.05) is 6.92 Å². The van der Waals surface area contributed by atoms with Crippen molar-refractivity contribution < 1.29 is 13.2 Å². The van der Waals surface area contributed by atoms with Crippen molar-refractivity contribution in [2.45, 2.75) is 11.8 Å². The number of amides is 1. The molecule has 0 spiro atoms. The highest BCUT2D eigenvalue weighted by atomic mass is 32.2. The summed E-state index contributed by atoms with van der Waals surface area (Å²) in [5.41, 5.74) is 5.80. The Morgan fingerprint density at radius 2 is 2.06 bits per heavy atom. The zero-order valence-corrected chi connectivity index (χ0v) is 11.4. The number of carbonyl (C=O) groups is 1. The molecule has 0 aliphatic rings. The van der Waals surface area contributed by atoms with Crippen LogP contribution in [0, 0.1) is 0 Å². The van der Waals surface area contributed by atoms with Gasteiger partial charge in [0.05, 0.1) is 4.90 Å². The predicted octanol–water partition coefficient (Wildman–Crippen LogP) is 0.511. The van der Waals surface area contributed by atoms with Gasteiger partial charge in [-0.05, 0) is 25.1 Å².